The average Bonchev–Trinajstić information content (AvgIpc) is 3.68. The fraction of sp³-hybridized carbons (Fsp3) is 0.323. The van der Waals surface area contributed by atoms with Crippen molar-refractivity contribution in [3.05, 3.63) is 71.3 Å². The lowest BCUT2D eigenvalue weighted by molar-refractivity contribution is 0.101. The molecule has 1 aliphatic rings. The van der Waals surface area contributed by atoms with E-state index in [1.54, 1.807) is 48.5 Å². The van der Waals surface area contributed by atoms with Gasteiger partial charge in [-0.2, -0.15) is 0 Å². The maximum Gasteiger partial charge on any atom is 0.324 e. The zero-order chi connectivity index (χ0) is 28.7. The van der Waals surface area contributed by atoms with Gasteiger partial charge in [-0.05, 0) is 68.4 Å². The van der Waals surface area contributed by atoms with Crippen molar-refractivity contribution in [2.45, 2.75) is 52.0 Å². The molecule has 10 nitrogen and oxygen atoms in total. The number of hydrogen-bond acceptors (Lipinski definition) is 7. The molecule has 0 spiro atoms. The summed E-state index contributed by atoms with van der Waals surface area (Å²) in [5, 5.41) is 21.5. The van der Waals surface area contributed by atoms with Crippen LogP contribution in [0, 0.1) is 0 Å². The van der Waals surface area contributed by atoms with Crippen molar-refractivity contribution in [3.8, 4) is 5.75 Å². The van der Waals surface area contributed by atoms with E-state index in [0.29, 0.717) is 40.5 Å². The minimum absolute atomic E-state index is 0. The van der Waals surface area contributed by atoms with Crippen LogP contribution >= 0.6 is 12.4 Å². The first-order valence-electron chi connectivity index (χ1n) is 13.8. The van der Waals surface area contributed by atoms with E-state index in [4.69, 9.17) is 8.94 Å². The predicted octanol–water partition coefficient (Wildman–Crippen LogP) is 7.19. The third-order valence-corrected chi connectivity index (χ3v) is 7.45. The number of aromatic hydroxyl groups is 1. The van der Waals surface area contributed by atoms with Gasteiger partial charge in [0.25, 0.3) is 0 Å². The topological polar surface area (TPSA) is 137 Å². The van der Waals surface area contributed by atoms with E-state index in [1.807, 2.05) is 20.8 Å². The van der Waals surface area contributed by atoms with Crippen LogP contribution in [0.4, 0.5) is 16.3 Å². The van der Waals surface area contributed by atoms with Crippen molar-refractivity contribution in [2.75, 3.05) is 23.7 Å². The Bertz CT molecular complexity index is 1760. The number of H-pyrrole nitrogens is 1. The third kappa shape index (κ3) is 6.00. The number of furan rings is 1. The third-order valence-electron chi connectivity index (χ3n) is 7.45. The lowest BCUT2D eigenvalue weighted by Gasteiger charge is -2.26. The Morgan fingerprint density at radius 3 is 2.55 bits per heavy atom. The van der Waals surface area contributed by atoms with E-state index >= 15 is 0 Å². The van der Waals surface area contributed by atoms with Crippen molar-refractivity contribution in [3.63, 3.8) is 0 Å². The van der Waals surface area contributed by atoms with Gasteiger partial charge in [-0.3, -0.25) is 15.0 Å². The van der Waals surface area contributed by atoms with Gasteiger partial charge >= 0.3 is 6.03 Å². The molecule has 2 amide bonds. The molecular formula is C31H34ClN5O5. The standard InChI is InChI=1S/C31H33N5O5.ClH/c1-31(2,3)27-16-28(35-41-27)34-30(39)32-19-7-10-25-18(13-19)14-26(40-25)29(38)23-15-20-21(17-36-11-5-4-6-12-36)24(37)9-8-22(20)33-23;/h7-10,13-16,33,37H,4-6,11-12,17H2,1-3H3,(H2,32,34,35,39);1H. The number of piperidine rings is 1. The van der Waals surface area contributed by atoms with Crippen LogP contribution in [0.1, 0.15) is 67.6 Å². The highest BCUT2D eigenvalue weighted by atomic mass is 35.5. The number of fused-ring (bicyclic) bond motifs is 2. The quantitative estimate of drug-likeness (QED) is 0.153. The molecule has 1 aliphatic heterocycles. The Balaban J connectivity index is 0.00000353. The van der Waals surface area contributed by atoms with E-state index in [1.165, 1.54) is 6.42 Å². The zero-order valence-electron chi connectivity index (χ0n) is 23.7. The number of anilines is 2. The molecular weight excluding hydrogens is 558 g/mol. The number of carbonyl (C=O) groups excluding carboxylic acids is 2. The molecule has 0 radical (unpaired) electrons. The van der Waals surface area contributed by atoms with Crippen LogP contribution in [0.25, 0.3) is 21.9 Å². The molecule has 4 N–H and O–H groups in total. The maximum absolute atomic E-state index is 13.4. The van der Waals surface area contributed by atoms with E-state index in [-0.39, 0.29) is 35.1 Å². The first kappa shape index (κ1) is 29.2. The van der Waals surface area contributed by atoms with E-state index < -0.39 is 6.03 Å². The number of benzene rings is 2. The molecule has 6 rings (SSSR count). The normalized spacial score (nSPS) is 14.2. The number of carbonyl (C=O) groups is 2. The molecule has 5 aromatic rings. The largest absolute Gasteiger partial charge is 0.508 e. The summed E-state index contributed by atoms with van der Waals surface area (Å²) >= 11 is 0. The van der Waals surface area contributed by atoms with Gasteiger partial charge < -0.3 is 24.3 Å². The van der Waals surface area contributed by atoms with Gasteiger partial charge in [-0.15, -0.1) is 12.4 Å². The van der Waals surface area contributed by atoms with Crippen molar-refractivity contribution >= 4 is 57.6 Å². The van der Waals surface area contributed by atoms with Gasteiger partial charge in [-0.1, -0.05) is 32.3 Å². The van der Waals surface area contributed by atoms with Gasteiger partial charge in [0.15, 0.2) is 11.6 Å². The first-order chi connectivity index (χ1) is 19.6. The van der Waals surface area contributed by atoms with Gasteiger partial charge in [0.1, 0.15) is 17.1 Å². The molecule has 1 fully saturated rings. The highest BCUT2D eigenvalue weighted by molar-refractivity contribution is 6.10. The van der Waals surface area contributed by atoms with Crippen LogP contribution in [0.15, 0.2) is 57.5 Å². The highest BCUT2D eigenvalue weighted by Gasteiger charge is 2.22. The monoisotopic (exact) mass is 591 g/mol. The van der Waals surface area contributed by atoms with Crippen molar-refractivity contribution in [1.82, 2.24) is 15.0 Å². The summed E-state index contributed by atoms with van der Waals surface area (Å²) in [4.78, 5) is 31.5. The SMILES string of the molecule is CC(C)(C)c1cc(NC(=O)Nc2ccc3oc(C(=O)c4cc5c(CN6CCCCC6)c(O)ccc5[nH]4)cc3c2)no1.Cl. The number of hydrogen-bond donors (Lipinski definition) is 4. The number of nitrogens with one attached hydrogen (secondary N) is 3. The number of nitrogens with zero attached hydrogens (tertiary/aromatic N) is 2. The predicted molar refractivity (Wildman–Crippen MR) is 164 cm³/mol. The van der Waals surface area contributed by atoms with Crippen LogP contribution in [0.3, 0.4) is 0 Å². The molecule has 0 atom stereocenters. The molecule has 220 valence electrons. The summed E-state index contributed by atoms with van der Waals surface area (Å²) in [5.74, 6) is 1.08. The maximum atomic E-state index is 13.4. The minimum Gasteiger partial charge on any atom is -0.508 e. The van der Waals surface area contributed by atoms with Crippen molar-refractivity contribution < 1.29 is 23.6 Å². The number of aromatic amines is 1. The number of halogens is 1. The highest BCUT2D eigenvalue weighted by Crippen LogP contribution is 2.32. The smallest absolute Gasteiger partial charge is 0.324 e. The summed E-state index contributed by atoms with van der Waals surface area (Å²) in [5.41, 5.74) is 2.80. The van der Waals surface area contributed by atoms with Crippen molar-refractivity contribution in [2.24, 2.45) is 0 Å². The number of phenolic OH excluding ortho intramolecular Hbond substituents is 1. The minimum atomic E-state index is -0.473. The lowest BCUT2D eigenvalue weighted by Crippen LogP contribution is -2.29. The van der Waals surface area contributed by atoms with Gasteiger partial charge in [0, 0.05) is 45.6 Å². The Kier molecular flexibility index (Phi) is 8.03. The van der Waals surface area contributed by atoms with Gasteiger partial charge in [-0.25, -0.2) is 4.79 Å². The molecule has 3 aromatic heterocycles. The molecule has 11 heteroatoms. The second-order valence-electron chi connectivity index (χ2n) is 11.6. The Hall–Kier alpha value is -4.28. The number of aromatic nitrogens is 2. The van der Waals surface area contributed by atoms with Gasteiger partial charge in [0.05, 0.1) is 5.69 Å². The number of rotatable bonds is 6. The van der Waals surface area contributed by atoms with Crippen LogP contribution < -0.4 is 10.6 Å². The molecule has 0 unspecified atom stereocenters. The van der Waals surface area contributed by atoms with Crippen LogP contribution in [-0.4, -0.2) is 45.1 Å². The molecule has 0 saturated carbocycles. The second-order valence-corrected chi connectivity index (χ2v) is 11.6. The number of phenols is 1. The summed E-state index contributed by atoms with van der Waals surface area (Å²) in [6.45, 7) is 8.62. The Morgan fingerprint density at radius 1 is 1.02 bits per heavy atom. The molecule has 2 aromatic carbocycles. The molecule has 0 aliphatic carbocycles. The number of urea groups is 1. The average molecular weight is 592 g/mol. The van der Waals surface area contributed by atoms with E-state index in [2.05, 4.69) is 25.7 Å². The summed E-state index contributed by atoms with van der Waals surface area (Å²) in [6.07, 6.45) is 3.54. The first-order valence-corrected chi connectivity index (χ1v) is 13.8. The zero-order valence-corrected chi connectivity index (χ0v) is 24.6. The van der Waals surface area contributed by atoms with Crippen LogP contribution in [-0.2, 0) is 12.0 Å². The summed E-state index contributed by atoms with van der Waals surface area (Å²) < 4.78 is 11.2. The van der Waals surface area contributed by atoms with E-state index in [0.717, 1.165) is 42.4 Å². The fourth-order valence-corrected chi connectivity index (χ4v) is 5.21. The van der Waals surface area contributed by atoms with E-state index in [9.17, 15) is 14.7 Å². The summed E-state index contributed by atoms with van der Waals surface area (Å²) in [7, 11) is 0. The number of amides is 2. The lowest BCUT2D eigenvalue weighted by atomic mass is 9.93. The fourth-order valence-electron chi connectivity index (χ4n) is 5.21. The molecule has 1 saturated heterocycles. The summed E-state index contributed by atoms with van der Waals surface area (Å²) in [6, 6.07) is 13.3. The molecule has 42 heavy (non-hydrogen) atoms. The van der Waals surface area contributed by atoms with Crippen molar-refractivity contribution in [1.29, 1.82) is 0 Å². The Morgan fingerprint density at radius 2 is 1.81 bits per heavy atom. The van der Waals surface area contributed by atoms with Crippen LogP contribution in [0.2, 0.25) is 0 Å². The number of likely N-dealkylation sites (tertiary alicyclic amines) is 1. The Labute approximate surface area is 248 Å². The second kappa shape index (κ2) is 11.5. The molecule has 0 bridgehead atoms. The van der Waals surface area contributed by atoms with Gasteiger partial charge in [0.2, 0.25) is 5.78 Å². The van der Waals surface area contributed by atoms with Crippen LogP contribution in [0.5, 0.6) is 5.75 Å². The number of ketones is 1. The molecule has 4 heterocycles.